The highest BCUT2D eigenvalue weighted by molar-refractivity contribution is 4.69. The van der Waals surface area contributed by atoms with Crippen LogP contribution in [0.15, 0.2) is 0 Å². The number of nitrogens with one attached hydrogen (secondary N) is 1. The van der Waals surface area contributed by atoms with Crippen molar-refractivity contribution in [3.8, 4) is 0 Å². The lowest BCUT2D eigenvalue weighted by Gasteiger charge is -2.29. The van der Waals surface area contributed by atoms with Crippen molar-refractivity contribution in [3.05, 3.63) is 0 Å². The number of methoxy groups -OCH3 is 1. The maximum atomic E-state index is 5.06. The minimum atomic E-state index is 0.610. The van der Waals surface area contributed by atoms with Gasteiger partial charge in [-0.2, -0.15) is 0 Å². The largest absolute Gasteiger partial charge is 0.385 e. The fourth-order valence-electron chi connectivity index (χ4n) is 2.51. The van der Waals surface area contributed by atoms with Crippen molar-refractivity contribution in [3.63, 3.8) is 0 Å². The molecule has 1 N–H and O–H groups in total. The van der Waals surface area contributed by atoms with E-state index in [1.54, 1.807) is 7.11 Å². The van der Waals surface area contributed by atoms with E-state index in [-0.39, 0.29) is 0 Å². The van der Waals surface area contributed by atoms with Crippen LogP contribution in [0.4, 0.5) is 0 Å². The molecule has 1 unspecified atom stereocenters. The Balaban J connectivity index is 3.76. The third-order valence-electron chi connectivity index (χ3n) is 3.99. The average Bonchev–Trinajstić information content (AvgIpc) is 2.47. The summed E-state index contributed by atoms with van der Waals surface area (Å²) in [6.07, 6.45) is 2.36. The van der Waals surface area contributed by atoms with Crippen molar-refractivity contribution < 1.29 is 4.74 Å². The highest BCUT2D eigenvalue weighted by Gasteiger charge is 2.11. The Morgan fingerprint density at radius 2 is 1.70 bits per heavy atom. The van der Waals surface area contributed by atoms with Gasteiger partial charge in [-0.05, 0) is 59.0 Å². The van der Waals surface area contributed by atoms with Crippen molar-refractivity contribution in [2.75, 3.05) is 59.5 Å². The van der Waals surface area contributed by atoms with Crippen molar-refractivity contribution >= 4 is 0 Å². The highest BCUT2D eigenvalue weighted by atomic mass is 16.5. The van der Waals surface area contributed by atoms with Gasteiger partial charge in [-0.3, -0.25) is 4.90 Å². The summed E-state index contributed by atoms with van der Waals surface area (Å²) in [5.74, 6) is 0. The molecule has 0 saturated heterocycles. The van der Waals surface area contributed by atoms with Gasteiger partial charge in [0.05, 0.1) is 0 Å². The van der Waals surface area contributed by atoms with Gasteiger partial charge in [-0.15, -0.1) is 0 Å². The van der Waals surface area contributed by atoms with Gasteiger partial charge in [-0.25, -0.2) is 0 Å². The van der Waals surface area contributed by atoms with Gasteiger partial charge in [0.15, 0.2) is 0 Å². The van der Waals surface area contributed by atoms with Crippen molar-refractivity contribution in [1.82, 2.24) is 15.1 Å². The van der Waals surface area contributed by atoms with Crippen LogP contribution < -0.4 is 5.32 Å². The standard InChI is InChI=1S/C16H37N3O/c1-6-18(7-2)12-10-13-19(8-3)16(4)15-17-11-9-14-20-5/h16-17H,6-15H2,1-5H3. The fourth-order valence-corrected chi connectivity index (χ4v) is 2.51. The molecule has 0 aromatic carbocycles. The van der Waals surface area contributed by atoms with Crippen molar-refractivity contribution in [2.24, 2.45) is 0 Å². The Morgan fingerprint density at radius 1 is 1.00 bits per heavy atom. The highest BCUT2D eigenvalue weighted by Crippen LogP contribution is 2.01. The van der Waals surface area contributed by atoms with E-state index in [0.29, 0.717) is 6.04 Å². The van der Waals surface area contributed by atoms with Gasteiger partial charge in [0.2, 0.25) is 0 Å². The molecule has 0 spiro atoms. The van der Waals surface area contributed by atoms with Gasteiger partial charge >= 0.3 is 0 Å². The van der Waals surface area contributed by atoms with Crippen molar-refractivity contribution in [1.29, 1.82) is 0 Å². The summed E-state index contributed by atoms with van der Waals surface area (Å²) in [6, 6.07) is 0.610. The molecule has 0 fully saturated rings. The van der Waals surface area contributed by atoms with Gasteiger partial charge in [0.25, 0.3) is 0 Å². The Bertz CT molecular complexity index is 198. The van der Waals surface area contributed by atoms with E-state index < -0.39 is 0 Å². The molecule has 1 atom stereocenters. The molecule has 0 aliphatic rings. The fraction of sp³-hybridized carbons (Fsp3) is 1.00. The average molecular weight is 287 g/mol. The number of hydrogen-bond acceptors (Lipinski definition) is 4. The van der Waals surface area contributed by atoms with Gasteiger partial charge in [-0.1, -0.05) is 20.8 Å². The minimum Gasteiger partial charge on any atom is -0.385 e. The summed E-state index contributed by atoms with van der Waals surface area (Å²) < 4.78 is 5.06. The second-order valence-corrected chi connectivity index (χ2v) is 5.41. The third kappa shape index (κ3) is 9.70. The van der Waals surface area contributed by atoms with Crippen LogP contribution in [-0.2, 0) is 4.74 Å². The van der Waals surface area contributed by atoms with E-state index in [1.807, 2.05) is 0 Å². The SMILES string of the molecule is CCN(CC)CCCN(CC)C(C)CNCCCOC. The second kappa shape index (κ2) is 13.8. The second-order valence-electron chi connectivity index (χ2n) is 5.41. The summed E-state index contributed by atoms with van der Waals surface area (Å²) in [5.41, 5.74) is 0. The maximum Gasteiger partial charge on any atom is 0.0474 e. The van der Waals surface area contributed by atoms with Crippen LogP contribution in [0.3, 0.4) is 0 Å². The summed E-state index contributed by atoms with van der Waals surface area (Å²) in [7, 11) is 1.76. The van der Waals surface area contributed by atoms with Gasteiger partial charge in [0.1, 0.15) is 0 Å². The first kappa shape index (κ1) is 19.8. The van der Waals surface area contributed by atoms with E-state index in [0.717, 1.165) is 32.7 Å². The third-order valence-corrected chi connectivity index (χ3v) is 3.99. The first-order valence-corrected chi connectivity index (χ1v) is 8.35. The molecule has 4 heteroatoms. The molecule has 122 valence electrons. The van der Waals surface area contributed by atoms with E-state index in [4.69, 9.17) is 4.74 Å². The summed E-state index contributed by atoms with van der Waals surface area (Å²) in [4.78, 5) is 5.08. The molecule has 0 aromatic heterocycles. The van der Waals surface area contributed by atoms with Gasteiger partial charge < -0.3 is 15.0 Å². The zero-order chi connectivity index (χ0) is 15.2. The van der Waals surface area contributed by atoms with E-state index in [2.05, 4.69) is 42.8 Å². The Hall–Kier alpha value is -0.160. The summed E-state index contributed by atoms with van der Waals surface area (Å²) in [6.45, 7) is 17.9. The lowest BCUT2D eigenvalue weighted by atomic mass is 10.2. The van der Waals surface area contributed by atoms with Crippen LogP contribution in [0, 0.1) is 0 Å². The van der Waals surface area contributed by atoms with Crippen LogP contribution in [0.1, 0.15) is 40.5 Å². The molecule has 4 nitrogen and oxygen atoms in total. The molecule has 0 bridgehead atoms. The van der Waals surface area contributed by atoms with Crippen LogP contribution in [0.2, 0.25) is 0 Å². The number of ether oxygens (including phenoxy) is 1. The van der Waals surface area contributed by atoms with E-state index in [1.165, 1.54) is 32.6 Å². The van der Waals surface area contributed by atoms with Crippen LogP contribution in [0.5, 0.6) is 0 Å². The number of hydrogen-bond donors (Lipinski definition) is 1. The van der Waals surface area contributed by atoms with Crippen LogP contribution in [-0.4, -0.2) is 75.4 Å². The molecule has 0 aliphatic heterocycles. The molecule has 0 radical (unpaired) electrons. The molecular weight excluding hydrogens is 250 g/mol. The van der Waals surface area contributed by atoms with Crippen LogP contribution >= 0.6 is 0 Å². The number of nitrogens with zero attached hydrogens (tertiary/aromatic N) is 2. The topological polar surface area (TPSA) is 27.7 Å². The molecule has 0 rings (SSSR count). The first-order valence-electron chi connectivity index (χ1n) is 8.35. The zero-order valence-corrected chi connectivity index (χ0v) is 14.5. The van der Waals surface area contributed by atoms with Gasteiger partial charge in [0, 0.05) is 26.3 Å². The molecular formula is C16H37N3O. The van der Waals surface area contributed by atoms with E-state index in [9.17, 15) is 0 Å². The lowest BCUT2D eigenvalue weighted by Crippen LogP contribution is -2.42. The molecule has 0 heterocycles. The van der Waals surface area contributed by atoms with Crippen LogP contribution in [0.25, 0.3) is 0 Å². The van der Waals surface area contributed by atoms with E-state index >= 15 is 0 Å². The quantitative estimate of drug-likeness (QED) is 0.495. The summed E-state index contributed by atoms with van der Waals surface area (Å²) in [5, 5.41) is 3.52. The number of likely N-dealkylation sites (N-methyl/N-ethyl adjacent to an activating group) is 1. The number of rotatable bonds is 14. The summed E-state index contributed by atoms with van der Waals surface area (Å²) >= 11 is 0. The normalized spacial score (nSPS) is 13.3. The first-order chi connectivity index (χ1) is 9.69. The lowest BCUT2D eigenvalue weighted by molar-refractivity contribution is 0.184. The molecule has 20 heavy (non-hydrogen) atoms. The smallest absolute Gasteiger partial charge is 0.0474 e. The molecule has 0 aromatic rings. The Labute approximate surface area is 126 Å². The maximum absolute atomic E-state index is 5.06. The predicted molar refractivity (Wildman–Crippen MR) is 88.5 cm³/mol. The molecule has 0 amide bonds. The zero-order valence-electron chi connectivity index (χ0n) is 14.5. The monoisotopic (exact) mass is 287 g/mol. The molecule has 0 saturated carbocycles. The minimum absolute atomic E-state index is 0.610. The van der Waals surface area contributed by atoms with Crippen molar-refractivity contribution in [2.45, 2.75) is 46.6 Å². The Morgan fingerprint density at radius 3 is 2.25 bits per heavy atom. The molecule has 0 aliphatic carbocycles. The predicted octanol–water partition coefficient (Wildman–Crippen LogP) is 2.05. The Kier molecular flexibility index (Phi) is 13.7.